The van der Waals surface area contributed by atoms with Gasteiger partial charge in [-0.15, -0.1) is 0 Å². The average Bonchev–Trinajstić information content (AvgIpc) is 3.27. The number of esters is 1. The highest BCUT2D eigenvalue weighted by molar-refractivity contribution is 5.97. The first kappa shape index (κ1) is 14.5. The normalized spacial score (nSPS) is 13.9. The van der Waals surface area contributed by atoms with Crippen molar-refractivity contribution in [1.82, 2.24) is 0 Å². The first-order chi connectivity index (χ1) is 9.65. The van der Waals surface area contributed by atoms with Crippen LogP contribution in [0, 0.1) is 5.92 Å². The molecule has 0 aromatic heterocycles. The van der Waals surface area contributed by atoms with E-state index in [2.05, 4.69) is 0 Å². The summed E-state index contributed by atoms with van der Waals surface area (Å²) in [5, 5.41) is 0. The Bertz CT molecular complexity index is 485. The minimum atomic E-state index is -0.560. The number of hydrogen-bond donors (Lipinski definition) is 1. The lowest BCUT2D eigenvalue weighted by Gasteiger charge is -2.12. The van der Waals surface area contributed by atoms with Crippen LogP contribution in [0.3, 0.4) is 0 Å². The highest BCUT2D eigenvalue weighted by atomic mass is 16.7. The Morgan fingerprint density at radius 3 is 2.65 bits per heavy atom. The van der Waals surface area contributed by atoms with Gasteiger partial charge in [0.1, 0.15) is 11.5 Å². The number of carbonyl (C=O) groups is 1. The lowest BCUT2D eigenvalue weighted by molar-refractivity contribution is -0.0344. The van der Waals surface area contributed by atoms with Crippen LogP contribution in [-0.4, -0.2) is 33.6 Å². The van der Waals surface area contributed by atoms with Gasteiger partial charge >= 0.3 is 5.97 Å². The quantitative estimate of drug-likeness (QED) is 0.355. The summed E-state index contributed by atoms with van der Waals surface area (Å²) >= 11 is 0. The highest BCUT2D eigenvalue weighted by Crippen LogP contribution is 2.31. The van der Waals surface area contributed by atoms with Gasteiger partial charge in [-0.2, -0.15) is 0 Å². The Kier molecular flexibility index (Phi) is 4.68. The zero-order valence-corrected chi connectivity index (χ0v) is 11.7. The van der Waals surface area contributed by atoms with Gasteiger partial charge in [-0.3, -0.25) is 0 Å². The standard InChI is InChI=1S/C14H19NO5/c1-17-10-5-11(13(15)12(6-10)18-2)14(16)20-8-19-7-9-3-4-9/h5-6,9H,3-4,7-8,15H2,1-2H3. The molecule has 1 aliphatic rings. The second-order valence-corrected chi connectivity index (χ2v) is 4.65. The predicted molar refractivity (Wildman–Crippen MR) is 72.9 cm³/mol. The minimum absolute atomic E-state index is 0.0751. The molecule has 1 aliphatic carbocycles. The van der Waals surface area contributed by atoms with E-state index in [1.165, 1.54) is 33.1 Å². The van der Waals surface area contributed by atoms with Crippen LogP contribution >= 0.6 is 0 Å². The molecule has 6 nitrogen and oxygen atoms in total. The average molecular weight is 281 g/mol. The van der Waals surface area contributed by atoms with E-state index in [1.54, 1.807) is 6.07 Å². The summed E-state index contributed by atoms with van der Waals surface area (Å²) in [5.74, 6) is 0.906. The highest BCUT2D eigenvalue weighted by Gasteiger charge is 2.22. The van der Waals surface area contributed by atoms with Crippen molar-refractivity contribution in [2.24, 2.45) is 5.92 Å². The van der Waals surface area contributed by atoms with Crippen molar-refractivity contribution in [1.29, 1.82) is 0 Å². The maximum atomic E-state index is 12.0. The van der Waals surface area contributed by atoms with E-state index in [9.17, 15) is 4.79 Å². The molecule has 2 rings (SSSR count). The van der Waals surface area contributed by atoms with Crippen molar-refractivity contribution < 1.29 is 23.7 Å². The summed E-state index contributed by atoms with van der Waals surface area (Å²) in [4.78, 5) is 12.0. The van der Waals surface area contributed by atoms with Crippen LogP contribution in [0.15, 0.2) is 12.1 Å². The molecule has 110 valence electrons. The molecule has 0 spiro atoms. The Morgan fingerprint density at radius 1 is 1.30 bits per heavy atom. The van der Waals surface area contributed by atoms with Gasteiger partial charge in [-0.05, 0) is 24.8 Å². The smallest absolute Gasteiger partial charge is 0.342 e. The number of nitrogen functional groups attached to an aromatic ring is 1. The lowest BCUT2D eigenvalue weighted by Crippen LogP contribution is -2.12. The van der Waals surface area contributed by atoms with E-state index in [1.807, 2.05) is 0 Å². The number of rotatable bonds is 7. The molecule has 1 fully saturated rings. The summed E-state index contributed by atoms with van der Waals surface area (Å²) in [5.41, 5.74) is 6.29. The molecule has 6 heteroatoms. The number of hydrogen-bond acceptors (Lipinski definition) is 6. The van der Waals surface area contributed by atoms with Crippen molar-refractivity contribution in [2.45, 2.75) is 12.8 Å². The van der Waals surface area contributed by atoms with Crippen LogP contribution in [0.4, 0.5) is 5.69 Å². The maximum absolute atomic E-state index is 12.0. The fourth-order valence-electron chi connectivity index (χ4n) is 1.73. The largest absolute Gasteiger partial charge is 0.497 e. The molecular formula is C14H19NO5. The minimum Gasteiger partial charge on any atom is -0.497 e. The molecule has 0 atom stereocenters. The van der Waals surface area contributed by atoms with Crippen molar-refractivity contribution in [2.75, 3.05) is 33.4 Å². The summed E-state index contributed by atoms with van der Waals surface area (Å²) in [7, 11) is 2.97. The molecule has 0 saturated heterocycles. The van der Waals surface area contributed by atoms with E-state index in [4.69, 9.17) is 24.7 Å². The first-order valence-corrected chi connectivity index (χ1v) is 6.42. The number of nitrogens with two attached hydrogens (primary N) is 1. The van der Waals surface area contributed by atoms with Gasteiger partial charge in [0.25, 0.3) is 0 Å². The molecule has 0 heterocycles. The number of carbonyl (C=O) groups excluding carboxylic acids is 1. The first-order valence-electron chi connectivity index (χ1n) is 6.42. The molecule has 0 aliphatic heterocycles. The third kappa shape index (κ3) is 3.54. The number of ether oxygens (including phenoxy) is 4. The SMILES string of the molecule is COc1cc(OC)c(N)c(C(=O)OCOCC2CC2)c1. The van der Waals surface area contributed by atoms with Crippen LogP contribution in [-0.2, 0) is 9.47 Å². The summed E-state index contributed by atoms with van der Waals surface area (Å²) in [6.07, 6.45) is 2.38. The molecular weight excluding hydrogens is 262 g/mol. The fraction of sp³-hybridized carbons (Fsp3) is 0.500. The molecule has 2 N–H and O–H groups in total. The third-order valence-electron chi connectivity index (χ3n) is 3.11. The predicted octanol–water partition coefficient (Wildman–Crippen LogP) is 1.83. The van der Waals surface area contributed by atoms with Crippen LogP contribution in [0.1, 0.15) is 23.2 Å². The Hall–Kier alpha value is -1.95. The molecule has 0 unspecified atom stereocenters. The third-order valence-corrected chi connectivity index (χ3v) is 3.11. The van der Waals surface area contributed by atoms with Gasteiger partial charge in [0.2, 0.25) is 0 Å². The van der Waals surface area contributed by atoms with E-state index in [0.717, 1.165) is 0 Å². The Labute approximate surface area is 117 Å². The molecule has 0 bridgehead atoms. The zero-order chi connectivity index (χ0) is 14.5. The van der Waals surface area contributed by atoms with Crippen molar-refractivity contribution in [3.63, 3.8) is 0 Å². The summed E-state index contributed by atoms with van der Waals surface area (Å²) < 4.78 is 20.5. The summed E-state index contributed by atoms with van der Waals surface area (Å²) in [6.45, 7) is 0.554. The summed E-state index contributed by atoms with van der Waals surface area (Å²) in [6, 6.07) is 3.12. The topological polar surface area (TPSA) is 80.0 Å². The molecule has 20 heavy (non-hydrogen) atoms. The molecule has 1 saturated carbocycles. The fourth-order valence-corrected chi connectivity index (χ4v) is 1.73. The van der Waals surface area contributed by atoms with E-state index in [-0.39, 0.29) is 18.0 Å². The lowest BCUT2D eigenvalue weighted by atomic mass is 10.1. The second-order valence-electron chi connectivity index (χ2n) is 4.65. The molecule has 1 aromatic carbocycles. The van der Waals surface area contributed by atoms with Crippen molar-refractivity contribution >= 4 is 11.7 Å². The van der Waals surface area contributed by atoms with Crippen molar-refractivity contribution in [3.05, 3.63) is 17.7 Å². The number of anilines is 1. The van der Waals surface area contributed by atoms with E-state index >= 15 is 0 Å². The van der Waals surface area contributed by atoms with Gasteiger partial charge in [-0.1, -0.05) is 0 Å². The van der Waals surface area contributed by atoms with Crippen LogP contribution in [0.2, 0.25) is 0 Å². The monoisotopic (exact) mass is 281 g/mol. The Balaban J connectivity index is 1.99. The van der Waals surface area contributed by atoms with Gasteiger partial charge in [0.15, 0.2) is 6.79 Å². The second kappa shape index (κ2) is 6.47. The van der Waals surface area contributed by atoms with Crippen LogP contribution in [0.25, 0.3) is 0 Å². The molecule has 0 radical (unpaired) electrons. The number of methoxy groups -OCH3 is 2. The van der Waals surface area contributed by atoms with Gasteiger partial charge in [0.05, 0.1) is 32.1 Å². The van der Waals surface area contributed by atoms with E-state index in [0.29, 0.717) is 24.0 Å². The van der Waals surface area contributed by atoms with Crippen LogP contribution < -0.4 is 15.2 Å². The Morgan fingerprint density at radius 2 is 2.05 bits per heavy atom. The van der Waals surface area contributed by atoms with Gasteiger partial charge in [-0.25, -0.2) is 4.79 Å². The number of benzene rings is 1. The maximum Gasteiger partial charge on any atom is 0.342 e. The van der Waals surface area contributed by atoms with Crippen LogP contribution in [0.5, 0.6) is 11.5 Å². The van der Waals surface area contributed by atoms with E-state index < -0.39 is 5.97 Å². The van der Waals surface area contributed by atoms with Gasteiger partial charge in [0, 0.05) is 6.07 Å². The van der Waals surface area contributed by atoms with Crippen molar-refractivity contribution in [3.8, 4) is 11.5 Å². The zero-order valence-electron chi connectivity index (χ0n) is 11.7. The van der Waals surface area contributed by atoms with Gasteiger partial charge < -0.3 is 24.7 Å². The molecule has 0 amide bonds. The molecule has 1 aromatic rings.